The molecule has 0 amide bonds. The van der Waals surface area contributed by atoms with Gasteiger partial charge in [-0.25, -0.2) is 0 Å². The maximum atomic E-state index is 5.18. The molecule has 44 valence electrons. The molecular weight excluding hydrogens is 126 g/mol. The van der Waals surface area contributed by atoms with Crippen LogP contribution < -0.4 is 5.14 Å². The fourth-order valence-electron chi connectivity index (χ4n) is 0.287. The normalized spacial score (nSPS) is 9.43. The summed E-state index contributed by atoms with van der Waals surface area (Å²) in [4.78, 5) is 0. The van der Waals surface area contributed by atoms with Crippen LogP contribution in [0.25, 0.3) is 0 Å². The van der Waals surface area contributed by atoms with Crippen LogP contribution in [0.4, 0.5) is 0 Å². The summed E-state index contributed by atoms with van der Waals surface area (Å²) in [5.74, 6) is 2.34. The summed E-state index contributed by atoms with van der Waals surface area (Å²) in [5, 5.41) is 5.18. The minimum Gasteiger partial charge on any atom is -0.278 e. The van der Waals surface area contributed by atoms with Gasteiger partial charge in [-0.05, 0) is 18.4 Å². The van der Waals surface area contributed by atoms with Crippen LogP contribution >= 0.6 is 23.7 Å². The van der Waals surface area contributed by atoms with Gasteiger partial charge in [0, 0.05) is 5.75 Å². The lowest BCUT2D eigenvalue weighted by Crippen LogP contribution is -1.86. The van der Waals surface area contributed by atoms with Crippen LogP contribution in [-0.2, 0) is 0 Å². The topological polar surface area (TPSA) is 26.0 Å². The third kappa shape index (κ3) is 6.66. The van der Waals surface area contributed by atoms with E-state index in [1.165, 1.54) is 24.1 Å². The van der Waals surface area contributed by atoms with E-state index >= 15 is 0 Å². The van der Waals surface area contributed by atoms with Crippen molar-refractivity contribution in [2.75, 3.05) is 17.8 Å². The second-order valence-corrected chi connectivity index (χ2v) is 2.94. The molecule has 3 heteroatoms. The molecule has 0 rings (SSSR count). The van der Waals surface area contributed by atoms with Crippen LogP contribution in [0.5, 0.6) is 0 Å². The Morgan fingerprint density at radius 2 is 2.14 bits per heavy atom. The van der Waals surface area contributed by atoms with Gasteiger partial charge in [-0.1, -0.05) is 11.9 Å². The molecule has 0 heterocycles. The maximum absolute atomic E-state index is 5.18. The van der Waals surface area contributed by atoms with E-state index in [-0.39, 0.29) is 0 Å². The lowest BCUT2D eigenvalue weighted by atomic mass is 10.6. The van der Waals surface area contributed by atoms with Crippen molar-refractivity contribution in [3.63, 3.8) is 0 Å². The molecule has 2 N–H and O–H groups in total. The Labute approximate surface area is 53.6 Å². The zero-order valence-electron chi connectivity index (χ0n) is 4.52. The Morgan fingerprint density at radius 3 is 2.57 bits per heavy atom. The molecule has 0 saturated carbocycles. The second-order valence-electron chi connectivity index (χ2n) is 1.22. The third-order valence-electron chi connectivity index (χ3n) is 0.611. The van der Waals surface area contributed by atoms with E-state index in [0.29, 0.717) is 0 Å². The van der Waals surface area contributed by atoms with E-state index in [2.05, 4.69) is 6.26 Å². The van der Waals surface area contributed by atoms with Crippen LogP contribution in [0.2, 0.25) is 0 Å². The van der Waals surface area contributed by atoms with Crippen molar-refractivity contribution in [1.29, 1.82) is 0 Å². The first-order chi connectivity index (χ1) is 3.41. The molecule has 0 unspecified atom stereocenters. The smallest absolute Gasteiger partial charge is 0.00842 e. The van der Waals surface area contributed by atoms with Gasteiger partial charge in [0.2, 0.25) is 0 Å². The van der Waals surface area contributed by atoms with E-state index in [9.17, 15) is 0 Å². The van der Waals surface area contributed by atoms with Crippen molar-refractivity contribution >= 4 is 23.7 Å². The first-order valence-electron chi connectivity index (χ1n) is 2.22. The van der Waals surface area contributed by atoms with Gasteiger partial charge in [-0.2, -0.15) is 11.8 Å². The molecule has 0 radical (unpaired) electrons. The predicted octanol–water partition coefficient (Wildman–Crippen LogP) is 1.35. The zero-order chi connectivity index (χ0) is 5.54. The summed E-state index contributed by atoms with van der Waals surface area (Å²) in [5.41, 5.74) is 0. The van der Waals surface area contributed by atoms with Gasteiger partial charge in [0.15, 0.2) is 0 Å². The average Bonchev–Trinajstić information content (AvgIpc) is 1.69. The van der Waals surface area contributed by atoms with Crippen molar-refractivity contribution in [2.45, 2.75) is 6.42 Å². The Hall–Kier alpha value is 0.660. The van der Waals surface area contributed by atoms with E-state index in [0.717, 1.165) is 5.75 Å². The number of thioether (sulfide) groups is 1. The quantitative estimate of drug-likeness (QED) is 0.468. The second kappa shape index (κ2) is 6.66. The summed E-state index contributed by atoms with van der Waals surface area (Å²) >= 11 is 3.30. The summed E-state index contributed by atoms with van der Waals surface area (Å²) in [6.45, 7) is 0. The molecule has 0 aromatic carbocycles. The summed E-state index contributed by atoms with van der Waals surface area (Å²) in [6, 6.07) is 0. The Balaban J connectivity index is 2.45. The maximum Gasteiger partial charge on any atom is 0.00842 e. The molecule has 0 bridgehead atoms. The molecule has 0 aliphatic rings. The summed E-state index contributed by atoms with van der Waals surface area (Å²) in [7, 11) is 0. The third-order valence-corrected chi connectivity index (χ3v) is 1.83. The van der Waals surface area contributed by atoms with Gasteiger partial charge in [-0.3, -0.25) is 5.14 Å². The Bertz CT molecular complexity index is 28.9. The first kappa shape index (κ1) is 7.66. The highest BCUT2D eigenvalue weighted by atomic mass is 32.2. The standard InChI is InChI=1S/C4H11NS2/c1-6-3-2-4-7-5/h2-5H2,1H3. The fourth-order valence-corrected chi connectivity index (χ4v) is 1.21. The number of rotatable bonds is 4. The zero-order valence-corrected chi connectivity index (χ0v) is 6.15. The molecule has 0 saturated heterocycles. The monoisotopic (exact) mass is 137 g/mol. The molecule has 0 aliphatic carbocycles. The van der Waals surface area contributed by atoms with Crippen LogP contribution in [0, 0.1) is 0 Å². The summed E-state index contributed by atoms with van der Waals surface area (Å²) in [6.07, 6.45) is 3.35. The van der Waals surface area contributed by atoms with E-state index in [1.54, 1.807) is 0 Å². The minimum atomic E-state index is 1.10. The first-order valence-corrected chi connectivity index (χ1v) is 4.66. The minimum absolute atomic E-state index is 1.10. The largest absolute Gasteiger partial charge is 0.278 e. The van der Waals surface area contributed by atoms with Crippen LogP contribution in [0.3, 0.4) is 0 Å². The van der Waals surface area contributed by atoms with Crippen molar-refractivity contribution < 1.29 is 0 Å². The van der Waals surface area contributed by atoms with Crippen molar-refractivity contribution in [3.8, 4) is 0 Å². The van der Waals surface area contributed by atoms with Gasteiger partial charge in [0.25, 0.3) is 0 Å². The Morgan fingerprint density at radius 1 is 1.43 bits per heavy atom. The van der Waals surface area contributed by atoms with E-state index < -0.39 is 0 Å². The number of hydrogen-bond donors (Lipinski definition) is 1. The molecule has 0 aromatic heterocycles. The molecular formula is C4H11NS2. The van der Waals surface area contributed by atoms with E-state index in [4.69, 9.17) is 5.14 Å². The molecule has 0 atom stereocenters. The van der Waals surface area contributed by atoms with Crippen LogP contribution in [0.15, 0.2) is 0 Å². The average molecular weight is 137 g/mol. The molecule has 0 fully saturated rings. The fraction of sp³-hybridized carbons (Fsp3) is 1.00. The number of nitrogens with two attached hydrogens (primary N) is 1. The summed E-state index contributed by atoms with van der Waals surface area (Å²) < 4.78 is 0. The van der Waals surface area contributed by atoms with Crippen LogP contribution in [-0.4, -0.2) is 17.8 Å². The highest BCUT2D eigenvalue weighted by molar-refractivity contribution is 7.98. The number of hydrogen-bond acceptors (Lipinski definition) is 3. The van der Waals surface area contributed by atoms with Gasteiger partial charge in [0.05, 0.1) is 0 Å². The Kier molecular flexibility index (Phi) is 7.29. The van der Waals surface area contributed by atoms with Gasteiger partial charge in [0.1, 0.15) is 0 Å². The van der Waals surface area contributed by atoms with Crippen molar-refractivity contribution in [3.05, 3.63) is 0 Å². The molecule has 7 heavy (non-hydrogen) atoms. The van der Waals surface area contributed by atoms with Crippen LogP contribution in [0.1, 0.15) is 6.42 Å². The van der Waals surface area contributed by atoms with Gasteiger partial charge < -0.3 is 0 Å². The molecule has 0 aromatic rings. The predicted molar refractivity (Wildman–Crippen MR) is 39.6 cm³/mol. The van der Waals surface area contributed by atoms with Crippen molar-refractivity contribution in [1.82, 2.24) is 0 Å². The molecule has 1 nitrogen and oxygen atoms in total. The lowest BCUT2D eigenvalue weighted by Gasteiger charge is -1.90. The van der Waals surface area contributed by atoms with Gasteiger partial charge in [-0.15, -0.1) is 0 Å². The molecule has 0 spiro atoms. The van der Waals surface area contributed by atoms with Crippen molar-refractivity contribution in [2.24, 2.45) is 5.14 Å². The lowest BCUT2D eigenvalue weighted by molar-refractivity contribution is 1.13. The molecule has 0 aliphatic heterocycles. The highest BCUT2D eigenvalue weighted by Gasteiger charge is 1.80. The highest BCUT2D eigenvalue weighted by Crippen LogP contribution is 1.98. The van der Waals surface area contributed by atoms with Gasteiger partial charge >= 0.3 is 0 Å². The SMILES string of the molecule is CSCCCSN. The van der Waals surface area contributed by atoms with E-state index in [1.807, 2.05) is 11.8 Å².